The van der Waals surface area contributed by atoms with E-state index in [1.54, 1.807) is 13.8 Å². The first kappa shape index (κ1) is 33.2. The third kappa shape index (κ3) is 18.2. The Kier molecular flexibility index (Phi) is 17.7. The zero-order valence-electron chi connectivity index (χ0n) is 19.8. The second kappa shape index (κ2) is 17.6. The minimum absolute atomic E-state index is 0.0808. The first-order valence-corrected chi connectivity index (χ1v) is 12.9. The Bertz CT molecular complexity index is 512. The molecule has 12 heteroatoms. The zero-order valence-corrected chi connectivity index (χ0v) is 23.3. The first-order chi connectivity index (χ1) is 15.2. The highest BCUT2D eigenvalue weighted by Crippen LogP contribution is 2.24. The number of hydrogen-bond acceptors (Lipinski definition) is 12. The number of aliphatic hydroxyl groups is 2. The highest BCUT2D eigenvalue weighted by atomic mass is 32.1. The minimum Gasteiger partial charge on any atom is -0.465 e. The van der Waals surface area contributed by atoms with E-state index in [-0.39, 0.29) is 73.1 Å². The molecule has 8 nitrogen and oxygen atoms in total. The van der Waals surface area contributed by atoms with Crippen molar-refractivity contribution in [1.29, 1.82) is 0 Å². The van der Waals surface area contributed by atoms with Crippen LogP contribution in [0.5, 0.6) is 0 Å². The maximum Gasteiger partial charge on any atom is 0.306 e. The molecule has 0 aromatic carbocycles. The van der Waals surface area contributed by atoms with Crippen LogP contribution in [0, 0.1) is 5.41 Å². The lowest BCUT2D eigenvalue weighted by Gasteiger charge is -2.34. The molecule has 0 heterocycles. The highest BCUT2D eigenvalue weighted by molar-refractivity contribution is 7.81. The van der Waals surface area contributed by atoms with E-state index < -0.39 is 29.9 Å². The van der Waals surface area contributed by atoms with Gasteiger partial charge in [0.2, 0.25) is 0 Å². The molecule has 0 amide bonds. The zero-order chi connectivity index (χ0) is 25.6. The Labute approximate surface area is 219 Å². The number of carbonyl (C=O) groups is 2. The van der Waals surface area contributed by atoms with Crippen molar-refractivity contribution in [3.05, 3.63) is 0 Å². The average molecular weight is 549 g/mol. The van der Waals surface area contributed by atoms with Gasteiger partial charge in [0, 0.05) is 33.8 Å². The van der Waals surface area contributed by atoms with Crippen molar-refractivity contribution in [2.24, 2.45) is 5.41 Å². The molecule has 0 spiro atoms. The highest BCUT2D eigenvalue weighted by Gasteiger charge is 2.37. The van der Waals surface area contributed by atoms with Crippen LogP contribution < -0.4 is 0 Å². The Balaban J connectivity index is 5.55. The Morgan fingerprint density at radius 3 is 1.27 bits per heavy atom. The molecule has 0 saturated heterocycles. The maximum absolute atomic E-state index is 12.2. The predicted molar refractivity (Wildman–Crippen MR) is 141 cm³/mol. The monoisotopic (exact) mass is 548 g/mol. The molecule has 196 valence electrons. The molecule has 0 saturated carbocycles. The summed E-state index contributed by atoms with van der Waals surface area (Å²) < 4.78 is 22.0. The van der Waals surface area contributed by atoms with Crippen LogP contribution in [0.15, 0.2) is 0 Å². The number of ether oxygens (including phenoxy) is 4. The molecule has 0 aliphatic carbocycles. The topological polar surface area (TPSA) is 112 Å². The standard InChI is InChI=1S/C21H40O8S4/c1-13(30)5-17(22)26-9-21(10-27-18(23)6-14(2)31,11-28-19(24)7-15(3)32)12-29-20(25)8-16(4)33/h13-18,22-23,30-33H,5-12H2,1-4H3/t13?,14?,15?,16?,17-,18-,21?/m1/s1. The van der Waals surface area contributed by atoms with Crippen molar-refractivity contribution in [2.75, 3.05) is 26.4 Å². The number of esters is 2. The van der Waals surface area contributed by atoms with E-state index >= 15 is 0 Å². The fraction of sp³-hybridized carbons (Fsp3) is 0.905. The van der Waals surface area contributed by atoms with Gasteiger partial charge in [-0.05, 0) is 0 Å². The summed E-state index contributed by atoms with van der Waals surface area (Å²) >= 11 is 16.9. The van der Waals surface area contributed by atoms with Crippen LogP contribution in [0.25, 0.3) is 0 Å². The molecule has 4 unspecified atom stereocenters. The van der Waals surface area contributed by atoms with Crippen molar-refractivity contribution in [3.8, 4) is 0 Å². The summed E-state index contributed by atoms with van der Waals surface area (Å²) in [7, 11) is 0. The van der Waals surface area contributed by atoms with Gasteiger partial charge in [0.1, 0.15) is 13.2 Å². The maximum atomic E-state index is 12.2. The molecular formula is C21H40O8S4. The molecule has 0 radical (unpaired) electrons. The van der Waals surface area contributed by atoms with Crippen LogP contribution in [0.3, 0.4) is 0 Å². The quantitative estimate of drug-likeness (QED) is 0.0881. The van der Waals surface area contributed by atoms with Crippen molar-refractivity contribution < 1.29 is 38.7 Å². The van der Waals surface area contributed by atoms with Crippen molar-refractivity contribution in [2.45, 2.75) is 87.0 Å². The summed E-state index contributed by atoms with van der Waals surface area (Å²) in [6.45, 7) is 6.37. The fourth-order valence-corrected chi connectivity index (χ4v) is 3.24. The lowest BCUT2D eigenvalue weighted by Crippen LogP contribution is -2.45. The summed E-state index contributed by atoms with van der Waals surface area (Å²) in [5.41, 5.74) is -1.17. The van der Waals surface area contributed by atoms with Crippen LogP contribution in [0.4, 0.5) is 0 Å². The van der Waals surface area contributed by atoms with E-state index in [1.165, 1.54) is 0 Å². The van der Waals surface area contributed by atoms with Gasteiger partial charge in [0.05, 0.1) is 31.5 Å². The average Bonchev–Trinajstić information content (AvgIpc) is 2.64. The van der Waals surface area contributed by atoms with Gasteiger partial charge in [-0.15, -0.1) is 0 Å². The minimum atomic E-state index is -1.17. The first-order valence-electron chi connectivity index (χ1n) is 10.9. The lowest BCUT2D eigenvalue weighted by atomic mass is 9.92. The van der Waals surface area contributed by atoms with Gasteiger partial charge in [0.25, 0.3) is 0 Å². The number of rotatable bonds is 18. The largest absolute Gasteiger partial charge is 0.465 e. The molecule has 0 fully saturated rings. The molecule has 0 aromatic heterocycles. The van der Waals surface area contributed by atoms with E-state index in [2.05, 4.69) is 50.5 Å². The molecule has 0 aliphatic heterocycles. The number of hydrogen-bond donors (Lipinski definition) is 6. The summed E-state index contributed by atoms with van der Waals surface area (Å²) in [6.07, 6.45) is -1.60. The third-order valence-corrected chi connectivity index (χ3v) is 5.04. The third-order valence-electron chi connectivity index (χ3n) is 4.25. The van der Waals surface area contributed by atoms with Crippen LogP contribution in [0.2, 0.25) is 0 Å². The van der Waals surface area contributed by atoms with E-state index in [1.807, 2.05) is 13.8 Å². The molecule has 0 bridgehead atoms. The van der Waals surface area contributed by atoms with E-state index in [9.17, 15) is 19.8 Å². The Morgan fingerprint density at radius 2 is 1.00 bits per heavy atom. The lowest BCUT2D eigenvalue weighted by molar-refractivity contribution is -0.195. The van der Waals surface area contributed by atoms with Gasteiger partial charge in [-0.2, -0.15) is 50.5 Å². The van der Waals surface area contributed by atoms with Crippen LogP contribution in [-0.2, 0) is 28.5 Å². The van der Waals surface area contributed by atoms with E-state index in [0.717, 1.165) is 0 Å². The van der Waals surface area contributed by atoms with Gasteiger partial charge in [-0.25, -0.2) is 0 Å². The van der Waals surface area contributed by atoms with Gasteiger partial charge < -0.3 is 29.2 Å². The predicted octanol–water partition coefficient (Wildman–Crippen LogP) is 2.56. The molecule has 0 rings (SSSR count). The SMILES string of the molecule is CC(S)CC(=O)OCC(COC(=O)CC(C)S)(CO[C@@H](O)CC(C)S)CO[C@@H](O)CC(C)S. The van der Waals surface area contributed by atoms with Crippen molar-refractivity contribution >= 4 is 62.5 Å². The fourth-order valence-electron chi connectivity index (χ4n) is 2.58. The summed E-state index contributed by atoms with van der Waals surface area (Å²) in [4.78, 5) is 24.3. The van der Waals surface area contributed by atoms with Crippen molar-refractivity contribution in [3.63, 3.8) is 0 Å². The molecule has 6 atom stereocenters. The van der Waals surface area contributed by atoms with Crippen LogP contribution >= 0.6 is 50.5 Å². The Hall–Kier alpha value is 0.180. The van der Waals surface area contributed by atoms with Gasteiger partial charge in [-0.3, -0.25) is 9.59 Å². The molecule has 2 N–H and O–H groups in total. The molecule has 0 aromatic rings. The Morgan fingerprint density at radius 1 is 0.667 bits per heavy atom. The van der Waals surface area contributed by atoms with Crippen molar-refractivity contribution in [1.82, 2.24) is 0 Å². The van der Waals surface area contributed by atoms with E-state index in [0.29, 0.717) is 0 Å². The number of carbonyl (C=O) groups excluding carboxylic acids is 2. The second-order valence-corrected chi connectivity index (χ2v) is 12.2. The van der Waals surface area contributed by atoms with E-state index in [4.69, 9.17) is 18.9 Å². The summed E-state index contributed by atoms with van der Waals surface area (Å²) in [5, 5.41) is 19.7. The number of aliphatic hydroxyl groups excluding tert-OH is 2. The normalized spacial score (nSPS) is 19.0. The summed E-state index contributed by atoms with van der Waals surface area (Å²) in [5.74, 6) is -0.988. The molecule has 0 aliphatic rings. The van der Waals surface area contributed by atoms with Gasteiger partial charge >= 0.3 is 11.9 Å². The van der Waals surface area contributed by atoms with Crippen LogP contribution in [0.1, 0.15) is 53.4 Å². The second-order valence-electron chi connectivity index (χ2n) is 8.63. The molecule has 33 heavy (non-hydrogen) atoms. The van der Waals surface area contributed by atoms with Gasteiger partial charge in [-0.1, -0.05) is 27.7 Å². The van der Waals surface area contributed by atoms with Crippen LogP contribution in [-0.4, -0.2) is 82.2 Å². The molecular weight excluding hydrogens is 508 g/mol. The summed E-state index contributed by atoms with van der Waals surface area (Å²) in [6, 6.07) is 0. The number of thiol groups is 4. The van der Waals surface area contributed by atoms with Gasteiger partial charge in [0.15, 0.2) is 12.6 Å². The smallest absolute Gasteiger partial charge is 0.306 e.